The fourth-order valence-electron chi connectivity index (χ4n) is 2.45. The van der Waals surface area contributed by atoms with E-state index in [1.807, 2.05) is 43.3 Å². The summed E-state index contributed by atoms with van der Waals surface area (Å²) in [4.78, 5) is 22.1. The Labute approximate surface area is 130 Å². The molecule has 0 saturated carbocycles. The van der Waals surface area contributed by atoms with Crippen LogP contribution in [0.2, 0.25) is 0 Å². The van der Waals surface area contributed by atoms with Crippen LogP contribution in [-0.2, 0) is 9.59 Å². The van der Waals surface area contributed by atoms with Crippen LogP contribution in [0.3, 0.4) is 0 Å². The van der Waals surface area contributed by atoms with Gasteiger partial charge in [0.2, 0.25) is 0 Å². The molecule has 0 fully saturated rings. The first-order valence-corrected chi connectivity index (χ1v) is 7.37. The third-order valence-corrected chi connectivity index (χ3v) is 3.71. The normalized spacial score (nSPS) is 16.4. The number of hydrogen-bond acceptors (Lipinski definition) is 4. The molecular weight excluding hydrogens is 276 g/mol. The summed E-state index contributed by atoms with van der Waals surface area (Å²) >= 11 is 0. The fraction of sp³-hybridized carbons (Fsp3) is 0.278. The highest BCUT2D eigenvalue weighted by Gasteiger charge is 2.17. The highest BCUT2D eigenvalue weighted by molar-refractivity contribution is 6.18. The van der Waals surface area contributed by atoms with E-state index in [0.29, 0.717) is 5.57 Å². The number of rotatable bonds is 6. The SMILES string of the molecule is CN/N=C(\C1=CCCC=C1C=O)c1ccc(C(C)C=O)cc1. The molecule has 114 valence electrons. The zero-order valence-electron chi connectivity index (χ0n) is 12.9. The third-order valence-electron chi connectivity index (χ3n) is 3.71. The minimum atomic E-state index is -0.127. The molecule has 0 aromatic heterocycles. The van der Waals surface area contributed by atoms with Crippen molar-refractivity contribution >= 4 is 18.3 Å². The summed E-state index contributed by atoms with van der Waals surface area (Å²) in [5.74, 6) is -0.127. The highest BCUT2D eigenvalue weighted by Crippen LogP contribution is 2.23. The van der Waals surface area contributed by atoms with Crippen molar-refractivity contribution in [3.8, 4) is 0 Å². The van der Waals surface area contributed by atoms with Gasteiger partial charge in [-0.3, -0.25) is 4.79 Å². The predicted octanol–water partition coefficient (Wildman–Crippen LogP) is 2.76. The number of hydrogen-bond donors (Lipinski definition) is 1. The molecule has 22 heavy (non-hydrogen) atoms. The second-order valence-electron chi connectivity index (χ2n) is 5.20. The standard InChI is InChI=1S/C18H20N2O2/c1-13(11-21)14-7-9-15(10-8-14)18(20-19-2)17-6-4-3-5-16(17)12-22/h5-13,19H,3-4H2,1-2H3/b20-18-. The summed E-state index contributed by atoms with van der Waals surface area (Å²) in [5, 5.41) is 4.34. The number of nitrogens with one attached hydrogen (secondary N) is 1. The van der Waals surface area contributed by atoms with Gasteiger partial charge in [0.1, 0.15) is 12.6 Å². The molecule has 1 aliphatic carbocycles. The summed E-state index contributed by atoms with van der Waals surface area (Å²) < 4.78 is 0. The van der Waals surface area contributed by atoms with Gasteiger partial charge in [0, 0.05) is 29.7 Å². The van der Waals surface area contributed by atoms with Crippen LogP contribution in [0.15, 0.2) is 52.7 Å². The van der Waals surface area contributed by atoms with Crippen molar-refractivity contribution in [1.29, 1.82) is 0 Å². The van der Waals surface area contributed by atoms with Crippen molar-refractivity contribution < 1.29 is 9.59 Å². The Morgan fingerprint density at radius 2 is 1.86 bits per heavy atom. The molecule has 1 aromatic rings. The number of nitrogens with zero attached hydrogens (tertiary/aromatic N) is 1. The van der Waals surface area contributed by atoms with Gasteiger partial charge in [0.05, 0.1) is 5.71 Å². The van der Waals surface area contributed by atoms with Crippen LogP contribution in [-0.4, -0.2) is 25.3 Å². The van der Waals surface area contributed by atoms with Crippen molar-refractivity contribution in [2.75, 3.05) is 7.05 Å². The molecule has 1 aromatic carbocycles. The van der Waals surface area contributed by atoms with Gasteiger partial charge in [0.25, 0.3) is 0 Å². The molecule has 1 N–H and O–H groups in total. The van der Waals surface area contributed by atoms with E-state index in [1.165, 1.54) is 0 Å². The van der Waals surface area contributed by atoms with E-state index >= 15 is 0 Å². The Morgan fingerprint density at radius 3 is 2.45 bits per heavy atom. The first-order chi connectivity index (χ1) is 10.7. The maximum Gasteiger partial charge on any atom is 0.150 e. The molecule has 0 amide bonds. The summed E-state index contributed by atoms with van der Waals surface area (Å²) in [6.07, 6.45) is 7.56. The van der Waals surface area contributed by atoms with Crippen molar-refractivity contribution in [3.63, 3.8) is 0 Å². The van der Waals surface area contributed by atoms with E-state index in [-0.39, 0.29) is 5.92 Å². The zero-order valence-corrected chi connectivity index (χ0v) is 12.9. The third kappa shape index (κ3) is 3.39. The maximum atomic E-state index is 11.3. The fourth-order valence-corrected chi connectivity index (χ4v) is 2.45. The molecule has 4 nitrogen and oxygen atoms in total. The van der Waals surface area contributed by atoms with Gasteiger partial charge < -0.3 is 10.2 Å². The zero-order chi connectivity index (χ0) is 15.9. The van der Waals surface area contributed by atoms with Gasteiger partial charge in [0.15, 0.2) is 0 Å². The quantitative estimate of drug-likeness (QED) is 0.499. The molecule has 4 heteroatoms. The van der Waals surface area contributed by atoms with Gasteiger partial charge in [-0.25, -0.2) is 0 Å². The minimum Gasteiger partial charge on any atom is -0.313 e. The monoisotopic (exact) mass is 296 g/mol. The molecule has 0 bridgehead atoms. The number of hydrazone groups is 1. The Kier molecular flexibility index (Phi) is 5.42. The molecule has 0 heterocycles. The number of allylic oxidation sites excluding steroid dienone is 4. The molecule has 1 atom stereocenters. The van der Waals surface area contributed by atoms with Crippen molar-refractivity contribution in [3.05, 3.63) is 58.7 Å². The van der Waals surface area contributed by atoms with Crippen LogP contribution in [0.5, 0.6) is 0 Å². The first-order valence-electron chi connectivity index (χ1n) is 7.37. The van der Waals surface area contributed by atoms with Crippen LogP contribution >= 0.6 is 0 Å². The summed E-state index contributed by atoms with van der Waals surface area (Å²) in [6, 6.07) is 7.72. The van der Waals surface area contributed by atoms with Gasteiger partial charge in [-0.05, 0) is 18.4 Å². The average molecular weight is 296 g/mol. The van der Waals surface area contributed by atoms with E-state index in [2.05, 4.69) is 10.5 Å². The molecule has 0 saturated heterocycles. The summed E-state index contributed by atoms with van der Waals surface area (Å²) in [6.45, 7) is 1.86. The van der Waals surface area contributed by atoms with Gasteiger partial charge in [-0.15, -0.1) is 0 Å². The molecular formula is C18H20N2O2. The Balaban J connectivity index is 2.39. The lowest BCUT2D eigenvalue weighted by Gasteiger charge is -2.15. The minimum absolute atomic E-state index is 0.127. The second-order valence-corrected chi connectivity index (χ2v) is 5.20. The van der Waals surface area contributed by atoms with E-state index in [4.69, 9.17) is 0 Å². The van der Waals surface area contributed by atoms with Crippen LogP contribution in [0.4, 0.5) is 0 Å². The van der Waals surface area contributed by atoms with E-state index in [0.717, 1.165) is 47.8 Å². The number of carbonyl (C=O) groups is 2. The molecule has 2 rings (SSSR count). The van der Waals surface area contributed by atoms with Crippen molar-refractivity contribution in [1.82, 2.24) is 5.43 Å². The maximum absolute atomic E-state index is 11.3. The Hall–Kier alpha value is -2.49. The largest absolute Gasteiger partial charge is 0.313 e. The molecule has 1 unspecified atom stereocenters. The highest BCUT2D eigenvalue weighted by atomic mass is 16.1. The smallest absolute Gasteiger partial charge is 0.150 e. The van der Waals surface area contributed by atoms with Crippen molar-refractivity contribution in [2.45, 2.75) is 25.7 Å². The van der Waals surface area contributed by atoms with Crippen LogP contribution in [0, 0.1) is 0 Å². The number of benzene rings is 1. The van der Waals surface area contributed by atoms with E-state index < -0.39 is 0 Å². The van der Waals surface area contributed by atoms with Gasteiger partial charge in [-0.2, -0.15) is 5.10 Å². The summed E-state index contributed by atoms with van der Waals surface area (Å²) in [7, 11) is 1.73. The lowest BCUT2D eigenvalue weighted by molar-refractivity contribution is -0.108. The number of carbonyl (C=O) groups excluding carboxylic acids is 2. The van der Waals surface area contributed by atoms with Crippen LogP contribution < -0.4 is 5.43 Å². The number of aldehydes is 2. The molecule has 1 aliphatic rings. The molecule has 0 aliphatic heterocycles. The Morgan fingerprint density at radius 1 is 1.18 bits per heavy atom. The second kappa shape index (κ2) is 7.50. The van der Waals surface area contributed by atoms with Crippen molar-refractivity contribution in [2.24, 2.45) is 5.10 Å². The Bertz CT molecular complexity index is 640. The lowest BCUT2D eigenvalue weighted by Crippen LogP contribution is -2.14. The summed E-state index contributed by atoms with van der Waals surface area (Å²) in [5.41, 5.74) is 6.95. The van der Waals surface area contributed by atoms with Crippen LogP contribution in [0.1, 0.15) is 36.8 Å². The van der Waals surface area contributed by atoms with E-state index in [1.54, 1.807) is 7.05 Å². The topological polar surface area (TPSA) is 58.5 Å². The van der Waals surface area contributed by atoms with E-state index in [9.17, 15) is 9.59 Å². The molecule has 0 radical (unpaired) electrons. The average Bonchev–Trinajstić information content (AvgIpc) is 2.59. The first kappa shape index (κ1) is 15.9. The molecule has 0 spiro atoms. The van der Waals surface area contributed by atoms with Gasteiger partial charge >= 0.3 is 0 Å². The predicted molar refractivity (Wildman–Crippen MR) is 88.0 cm³/mol. The van der Waals surface area contributed by atoms with Crippen LogP contribution in [0.25, 0.3) is 0 Å². The lowest BCUT2D eigenvalue weighted by atomic mass is 9.90. The van der Waals surface area contributed by atoms with Gasteiger partial charge in [-0.1, -0.05) is 43.3 Å².